The molecule has 2 heterocycles. The molecule has 2 aromatic rings. The average molecular weight is 289 g/mol. The van der Waals surface area contributed by atoms with Crippen molar-refractivity contribution >= 4 is 23.1 Å². The Kier molecular flexibility index (Phi) is 4.26. The molecular weight excluding hydrogens is 270 g/mol. The summed E-state index contributed by atoms with van der Waals surface area (Å²) in [4.78, 5) is 1.47. The predicted octanol–water partition coefficient (Wildman–Crippen LogP) is 4.16. The molecule has 0 spiro atoms. The quantitative estimate of drug-likeness (QED) is 0.887. The Morgan fingerprint density at radius 3 is 3.05 bits per heavy atom. The third-order valence-electron chi connectivity index (χ3n) is 3.63. The lowest BCUT2D eigenvalue weighted by Gasteiger charge is -2.17. The normalized spacial score (nSPS) is 19.3. The van der Waals surface area contributed by atoms with Crippen LogP contribution in [0.2, 0.25) is 0 Å². The summed E-state index contributed by atoms with van der Waals surface area (Å²) >= 11 is 3.78. The summed E-state index contributed by atoms with van der Waals surface area (Å²) in [5.74, 6) is 1.89. The van der Waals surface area contributed by atoms with E-state index in [1.807, 2.05) is 11.8 Å². The Bertz CT molecular complexity index is 521. The first-order valence-electron chi connectivity index (χ1n) is 6.79. The van der Waals surface area contributed by atoms with E-state index in [1.165, 1.54) is 21.8 Å². The molecule has 1 aromatic heterocycles. The van der Waals surface area contributed by atoms with Crippen molar-refractivity contribution in [2.45, 2.75) is 30.2 Å². The SMILES string of the molecule is CC(Cc1ccsc1)NCC1CSc2ccccc21. The molecule has 3 heteroatoms. The minimum Gasteiger partial charge on any atom is -0.313 e. The van der Waals surface area contributed by atoms with E-state index >= 15 is 0 Å². The van der Waals surface area contributed by atoms with E-state index in [2.05, 4.69) is 53.3 Å². The zero-order valence-corrected chi connectivity index (χ0v) is 12.8. The highest BCUT2D eigenvalue weighted by Crippen LogP contribution is 2.38. The van der Waals surface area contributed by atoms with Crippen LogP contribution in [0, 0.1) is 0 Å². The van der Waals surface area contributed by atoms with Crippen molar-refractivity contribution in [3.63, 3.8) is 0 Å². The fourth-order valence-electron chi connectivity index (χ4n) is 2.58. The van der Waals surface area contributed by atoms with Crippen LogP contribution in [0.5, 0.6) is 0 Å². The molecule has 3 rings (SSSR count). The summed E-state index contributed by atoms with van der Waals surface area (Å²) in [7, 11) is 0. The van der Waals surface area contributed by atoms with E-state index in [-0.39, 0.29) is 0 Å². The van der Waals surface area contributed by atoms with Crippen molar-refractivity contribution in [1.82, 2.24) is 5.32 Å². The zero-order valence-electron chi connectivity index (χ0n) is 11.1. The third-order valence-corrected chi connectivity index (χ3v) is 5.62. The van der Waals surface area contributed by atoms with Gasteiger partial charge in [0.2, 0.25) is 0 Å². The van der Waals surface area contributed by atoms with Gasteiger partial charge in [-0.25, -0.2) is 0 Å². The Labute approximate surface area is 123 Å². The van der Waals surface area contributed by atoms with Crippen molar-refractivity contribution in [2.24, 2.45) is 0 Å². The maximum absolute atomic E-state index is 3.70. The van der Waals surface area contributed by atoms with Crippen LogP contribution in [0.1, 0.15) is 24.0 Å². The second-order valence-corrected chi connectivity index (χ2v) is 7.03. The van der Waals surface area contributed by atoms with Crippen molar-refractivity contribution < 1.29 is 0 Å². The Morgan fingerprint density at radius 1 is 1.32 bits per heavy atom. The topological polar surface area (TPSA) is 12.0 Å². The number of benzene rings is 1. The number of rotatable bonds is 5. The molecule has 2 atom stereocenters. The maximum atomic E-state index is 3.70. The van der Waals surface area contributed by atoms with Crippen LogP contribution in [-0.2, 0) is 6.42 Å². The van der Waals surface area contributed by atoms with Crippen molar-refractivity contribution in [1.29, 1.82) is 0 Å². The van der Waals surface area contributed by atoms with E-state index < -0.39 is 0 Å². The van der Waals surface area contributed by atoms with E-state index in [4.69, 9.17) is 0 Å². The molecular formula is C16H19NS2. The molecule has 0 saturated heterocycles. The summed E-state index contributed by atoms with van der Waals surface area (Å²) in [5, 5.41) is 8.10. The van der Waals surface area contributed by atoms with Crippen molar-refractivity contribution in [3.8, 4) is 0 Å². The van der Waals surface area contributed by atoms with Gasteiger partial charge in [-0.15, -0.1) is 11.8 Å². The molecule has 2 unspecified atom stereocenters. The highest BCUT2D eigenvalue weighted by molar-refractivity contribution is 7.99. The smallest absolute Gasteiger partial charge is 0.0108 e. The number of hydrogen-bond acceptors (Lipinski definition) is 3. The lowest BCUT2D eigenvalue weighted by Crippen LogP contribution is -2.32. The molecule has 0 amide bonds. The lowest BCUT2D eigenvalue weighted by atomic mass is 10.0. The Balaban J connectivity index is 1.53. The number of fused-ring (bicyclic) bond motifs is 1. The third kappa shape index (κ3) is 3.22. The molecule has 0 aliphatic carbocycles. The molecule has 1 aliphatic rings. The van der Waals surface area contributed by atoms with Crippen LogP contribution in [0.25, 0.3) is 0 Å². The Hall–Kier alpha value is -0.770. The first-order valence-corrected chi connectivity index (χ1v) is 8.72. The van der Waals surface area contributed by atoms with E-state index in [0.29, 0.717) is 12.0 Å². The largest absolute Gasteiger partial charge is 0.313 e. The van der Waals surface area contributed by atoms with Gasteiger partial charge in [0.25, 0.3) is 0 Å². The highest BCUT2D eigenvalue weighted by atomic mass is 32.2. The molecule has 1 N–H and O–H groups in total. The van der Waals surface area contributed by atoms with E-state index in [0.717, 1.165) is 13.0 Å². The van der Waals surface area contributed by atoms with E-state index in [1.54, 1.807) is 11.3 Å². The summed E-state index contributed by atoms with van der Waals surface area (Å²) in [6.45, 7) is 3.38. The molecule has 1 nitrogen and oxygen atoms in total. The second-order valence-electron chi connectivity index (χ2n) is 5.19. The standard InChI is InChI=1S/C16H19NS2/c1-12(8-13-6-7-18-10-13)17-9-14-11-19-16-5-3-2-4-15(14)16/h2-7,10,12,14,17H,8-9,11H2,1H3. The van der Waals surface area contributed by atoms with Crippen LogP contribution >= 0.6 is 23.1 Å². The fraction of sp³-hybridized carbons (Fsp3) is 0.375. The molecule has 100 valence electrons. The molecule has 1 aliphatic heterocycles. The number of thioether (sulfide) groups is 1. The summed E-state index contributed by atoms with van der Waals surface area (Å²) in [5.41, 5.74) is 2.98. The Morgan fingerprint density at radius 2 is 2.21 bits per heavy atom. The monoisotopic (exact) mass is 289 g/mol. The molecule has 0 saturated carbocycles. The molecule has 0 radical (unpaired) electrons. The highest BCUT2D eigenvalue weighted by Gasteiger charge is 2.22. The van der Waals surface area contributed by atoms with Gasteiger partial charge in [-0.3, -0.25) is 0 Å². The molecule has 1 aromatic carbocycles. The number of hydrogen-bond donors (Lipinski definition) is 1. The van der Waals surface area contributed by atoms with Gasteiger partial charge in [0.1, 0.15) is 0 Å². The van der Waals surface area contributed by atoms with Gasteiger partial charge >= 0.3 is 0 Å². The summed E-state index contributed by atoms with van der Waals surface area (Å²) in [6, 6.07) is 11.6. The van der Waals surface area contributed by atoms with Gasteiger partial charge < -0.3 is 5.32 Å². The van der Waals surface area contributed by atoms with Gasteiger partial charge in [-0.2, -0.15) is 11.3 Å². The van der Waals surface area contributed by atoms with Gasteiger partial charge in [0.15, 0.2) is 0 Å². The number of nitrogens with one attached hydrogen (secondary N) is 1. The summed E-state index contributed by atoms with van der Waals surface area (Å²) < 4.78 is 0. The minimum atomic E-state index is 0.548. The van der Waals surface area contributed by atoms with Crippen LogP contribution in [0.15, 0.2) is 46.0 Å². The van der Waals surface area contributed by atoms with Crippen LogP contribution in [0.4, 0.5) is 0 Å². The first-order chi connectivity index (χ1) is 9.33. The second kappa shape index (κ2) is 6.12. The fourth-order valence-corrected chi connectivity index (χ4v) is 4.51. The first kappa shape index (κ1) is 13.2. The van der Waals surface area contributed by atoms with Crippen molar-refractivity contribution in [3.05, 3.63) is 52.2 Å². The minimum absolute atomic E-state index is 0.548. The average Bonchev–Trinajstić information content (AvgIpc) is 3.05. The van der Waals surface area contributed by atoms with Gasteiger partial charge in [0, 0.05) is 29.2 Å². The zero-order chi connectivity index (χ0) is 13.1. The maximum Gasteiger partial charge on any atom is 0.0108 e. The van der Waals surface area contributed by atoms with Gasteiger partial charge in [-0.1, -0.05) is 18.2 Å². The predicted molar refractivity (Wildman–Crippen MR) is 85.4 cm³/mol. The summed E-state index contributed by atoms with van der Waals surface area (Å²) in [6.07, 6.45) is 1.13. The van der Waals surface area contributed by atoms with Gasteiger partial charge in [0.05, 0.1) is 0 Å². The lowest BCUT2D eigenvalue weighted by molar-refractivity contribution is 0.520. The van der Waals surface area contributed by atoms with Crippen molar-refractivity contribution in [2.75, 3.05) is 12.3 Å². The molecule has 0 fully saturated rings. The molecule has 0 bridgehead atoms. The van der Waals surface area contributed by atoms with Crippen LogP contribution in [-0.4, -0.2) is 18.3 Å². The van der Waals surface area contributed by atoms with Gasteiger partial charge in [-0.05, 0) is 47.4 Å². The van der Waals surface area contributed by atoms with Crippen LogP contribution in [0.3, 0.4) is 0 Å². The van der Waals surface area contributed by atoms with Crippen LogP contribution < -0.4 is 5.32 Å². The molecule has 19 heavy (non-hydrogen) atoms. The number of thiophene rings is 1. The van der Waals surface area contributed by atoms with E-state index in [9.17, 15) is 0 Å².